The highest BCUT2D eigenvalue weighted by atomic mass is 15.0. The molecule has 1 aromatic heterocycles. The molecule has 0 spiro atoms. The van der Waals surface area contributed by atoms with Crippen molar-refractivity contribution in [3.63, 3.8) is 0 Å². The van der Waals surface area contributed by atoms with Gasteiger partial charge in [0.05, 0.1) is 5.56 Å². The molecule has 0 radical (unpaired) electrons. The van der Waals surface area contributed by atoms with Crippen LogP contribution in [0.15, 0.2) is 12.3 Å². The van der Waals surface area contributed by atoms with Crippen LogP contribution in [-0.2, 0) is 0 Å². The third kappa shape index (κ3) is 2.76. The third-order valence-electron chi connectivity index (χ3n) is 3.42. The molecule has 2 rings (SSSR count). The van der Waals surface area contributed by atoms with Crippen molar-refractivity contribution in [2.75, 3.05) is 5.32 Å². The molecule has 0 aliphatic heterocycles. The molecule has 1 heterocycles. The average Bonchev–Trinajstić information content (AvgIpc) is 3.12. The maximum Gasteiger partial charge on any atom is 0.126 e. The first kappa shape index (κ1) is 11.9. The predicted octanol–water partition coefficient (Wildman–Crippen LogP) is 3.43. The molecule has 1 fully saturated rings. The maximum absolute atomic E-state index is 9.05. The van der Waals surface area contributed by atoms with Gasteiger partial charge in [0, 0.05) is 11.7 Å². The Bertz CT molecular complexity index is 453. The molecule has 0 unspecified atom stereocenters. The van der Waals surface area contributed by atoms with Crippen molar-refractivity contribution in [3.05, 3.63) is 23.4 Å². The molecule has 0 bridgehead atoms. The first-order chi connectivity index (χ1) is 8.05. The van der Waals surface area contributed by atoms with Gasteiger partial charge in [0.2, 0.25) is 0 Å². The lowest BCUT2D eigenvalue weighted by Crippen LogP contribution is -2.30. The zero-order valence-corrected chi connectivity index (χ0v) is 10.7. The lowest BCUT2D eigenvalue weighted by Gasteiger charge is -2.25. The first-order valence-electron chi connectivity index (χ1n) is 6.24. The molecule has 0 aromatic carbocycles. The number of nitrogens with zero attached hydrogens (tertiary/aromatic N) is 2. The number of hydrogen-bond donors (Lipinski definition) is 1. The minimum Gasteiger partial charge on any atom is -0.365 e. The summed E-state index contributed by atoms with van der Waals surface area (Å²) in [5.74, 6) is 1.47. The van der Waals surface area contributed by atoms with E-state index in [1.54, 1.807) is 6.20 Å². The van der Waals surface area contributed by atoms with Crippen LogP contribution in [0.3, 0.4) is 0 Å². The Kier molecular flexibility index (Phi) is 3.06. The van der Waals surface area contributed by atoms with E-state index in [0.29, 0.717) is 5.92 Å². The van der Waals surface area contributed by atoms with E-state index in [1.807, 2.05) is 6.07 Å². The Balaban J connectivity index is 2.25. The van der Waals surface area contributed by atoms with Crippen LogP contribution in [0.5, 0.6) is 0 Å². The van der Waals surface area contributed by atoms with Gasteiger partial charge < -0.3 is 5.32 Å². The number of hydrogen-bond acceptors (Lipinski definition) is 3. The summed E-state index contributed by atoms with van der Waals surface area (Å²) in [6.07, 6.45) is 5.14. The summed E-state index contributed by atoms with van der Waals surface area (Å²) in [5.41, 5.74) is 1.94. The molecule has 17 heavy (non-hydrogen) atoms. The van der Waals surface area contributed by atoms with Gasteiger partial charge in [0.25, 0.3) is 0 Å². The number of aromatic nitrogens is 1. The zero-order chi connectivity index (χ0) is 12.5. The van der Waals surface area contributed by atoms with Gasteiger partial charge in [0.15, 0.2) is 0 Å². The van der Waals surface area contributed by atoms with Crippen LogP contribution in [-0.4, -0.2) is 10.5 Å². The van der Waals surface area contributed by atoms with Crippen molar-refractivity contribution in [2.24, 2.45) is 0 Å². The highest BCUT2D eigenvalue weighted by Crippen LogP contribution is 2.42. The Morgan fingerprint density at radius 1 is 1.53 bits per heavy atom. The van der Waals surface area contributed by atoms with Crippen molar-refractivity contribution in [1.29, 1.82) is 5.26 Å². The van der Waals surface area contributed by atoms with Crippen LogP contribution < -0.4 is 5.32 Å². The monoisotopic (exact) mass is 229 g/mol. The van der Waals surface area contributed by atoms with E-state index in [4.69, 9.17) is 5.26 Å². The van der Waals surface area contributed by atoms with Gasteiger partial charge in [-0.25, -0.2) is 4.98 Å². The topological polar surface area (TPSA) is 48.7 Å². The molecular formula is C14H19N3. The highest BCUT2D eigenvalue weighted by molar-refractivity contribution is 5.49. The van der Waals surface area contributed by atoms with Crippen molar-refractivity contribution in [1.82, 2.24) is 4.98 Å². The van der Waals surface area contributed by atoms with E-state index < -0.39 is 0 Å². The Morgan fingerprint density at radius 3 is 2.76 bits per heavy atom. The van der Waals surface area contributed by atoms with Crippen molar-refractivity contribution >= 4 is 5.82 Å². The standard InChI is InChI=1S/C14H19N3/c1-4-14(2,3)17-13-7-12(10-5-6-10)11(8-15)9-16-13/h7,9-10H,4-6H2,1-3H3,(H,16,17). The van der Waals surface area contributed by atoms with Crippen molar-refractivity contribution < 1.29 is 0 Å². The van der Waals surface area contributed by atoms with Crippen LogP contribution in [0.2, 0.25) is 0 Å². The summed E-state index contributed by atoms with van der Waals surface area (Å²) in [6, 6.07) is 4.28. The quantitative estimate of drug-likeness (QED) is 0.860. The van der Waals surface area contributed by atoms with Gasteiger partial charge in [-0.05, 0) is 50.7 Å². The van der Waals surface area contributed by atoms with Crippen LogP contribution in [0.4, 0.5) is 5.82 Å². The molecule has 3 heteroatoms. The Hall–Kier alpha value is -1.56. The Labute approximate surface area is 103 Å². The van der Waals surface area contributed by atoms with Crippen LogP contribution in [0, 0.1) is 11.3 Å². The van der Waals surface area contributed by atoms with Gasteiger partial charge >= 0.3 is 0 Å². The molecule has 1 aliphatic carbocycles. The van der Waals surface area contributed by atoms with Crippen LogP contribution in [0.25, 0.3) is 0 Å². The smallest absolute Gasteiger partial charge is 0.126 e. The van der Waals surface area contributed by atoms with Gasteiger partial charge in [-0.2, -0.15) is 5.26 Å². The molecule has 1 aliphatic rings. The summed E-state index contributed by atoms with van der Waals surface area (Å²) in [7, 11) is 0. The van der Waals surface area contributed by atoms with E-state index in [9.17, 15) is 0 Å². The summed E-state index contributed by atoms with van der Waals surface area (Å²) < 4.78 is 0. The minimum absolute atomic E-state index is 0.0436. The van der Waals surface area contributed by atoms with Crippen molar-refractivity contribution in [2.45, 2.75) is 51.5 Å². The second-order valence-electron chi connectivity index (χ2n) is 5.41. The molecular weight excluding hydrogens is 210 g/mol. The van der Waals surface area contributed by atoms with Gasteiger partial charge in [-0.3, -0.25) is 0 Å². The summed E-state index contributed by atoms with van der Waals surface area (Å²) in [5, 5.41) is 12.5. The van der Waals surface area contributed by atoms with Gasteiger partial charge in [-0.15, -0.1) is 0 Å². The second kappa shape index (κ2) is 4.37. The first-order valence-corrected chi connectivity index (χ1v) is 6.24. The van der Waals surface area contributed by atoms with Crippen molar-refractivity contribution in [3.8, 4) is 6.07 Å². The molecule has 0 atom stereocenters. The van der Waals surface area contributed by atoms with E-state index >= 15 is 0 Å². The van der Waals surface area contributed by atoms with Crippen LogP contribution >= 0.6 is 0 Å². The van der Waals surface area contributed by atoms with Gasteiger partial charge in [-0.1, -0.05) is 6.92 Å². The maximum atomic E-state index is 9.05. The fraction of sp³-hybridized carbons (Fsp3) is 0.571. The summed E-state index contributed by atoms with van der Waals surface area (Å²) in [4.78, 5) is 4.32. The van der Waals surface area contributed by atoms with E-state index in [0.717, 1.165) is 23.4 Å². The number of nitrogens with one attached hydrogen (secondary N) is 1. The lowest BCUT2D eigenvalue weighted by molar-refractivity contribution is 0.545. The van der Waals surface area contributed by atoms with Crippen LogP contribution in [0.1, 0.15) is 57.1 Å². The highest BCUT2D eigenvalue weighted by Gasteiger charge is 2.27. The second-order valence-corrected chi connectivity index (χ2v) is 5.41. The largest absolute Gasteiger partial charge is 0.365 e. The number of rotatable bonds is 4. The zero-order valence-electron chi connectivity index (χ0n) is 10.7. The molecule has 1 aromatic rings. The fourth-order valence-electron chi connectivity index (χ4n) is 1.80. The molecule has 90 valence electrons. The van der Waals surface area contributed by atoms with E-state index in [-0.39, 0.29) is 5.54 Å². The summed E-state index contributed by atoms with van der Waals surface area (Å²) in [6.45, 7) is 6.46. The molecule has 3 nitrogen and oxygen atoms in total. The number of pyridine rings is 1. The number of anilines is 1. The Morgan fingerprint density at radius 2 is 2.24 bits per heavy atom. The molecule has 0 amide bonds. The van der Waals surface area contributed by atoms with Gasteiger partial charge in [0.1, 0.15) is 11.9 Å². The summed E-state index contributed by atoms with van der Waals surface area (Å²) >= 11 is 0. The SMILES string of the molecule is CCC(C)(C)Nc1cc(C2CC2)c(C#N)cn1. The average molecular weight is 229 g/mol. The minimum atomic E-state index is 0.0436. The predicted molar refractivity (Wildman–Crippen MR) is 68.9 cm³/mol. The van der Waals surface area contributed by atoms with E-state index in [1.165, 1.54) is 12.8 Å². The molecule has 1 N–H and O–H groups in total. The molecule has 1 saturated carbocycles. The fourth-order valence-corrected chi connectivity index (χ4v) is 1.80. The number of nitriles is 1. The normalized spacial score (nSPS) is 15.4. The van der Waals surface area contributed by atoms with E-state index in [2.05, 4.69) is 37.1 Å². The lowest BCUT2D eigenvalue weighted by atomic mass is 10.0. The third-order valence-corrected chi connectivity index (χ3v) is 3.42. The molecule has 0 saturated heterocycles.